The van der Waals surface area contributed by atoms with E-state index in [2.05, 4.69) is 59.9 Å². The van der Waals surface area contributed by atoms with Crippen molar-refractivity contribution < 1.29 is 4.74 Å². The minimum atomic E-state index is 0.193. The first-order valence-electron chi connectivity index (χ1n) is 5.85. The van der Waals surface area contributed by atoms with Crippen LogP contribution in [0.3, 0.4) is 0 Å². The predicted octanol–water partition coefficient (Wildman–Crippen LogP) is 3.69. The molecule has 0 saturated heterocycles. The van der Waals surface area contributed by atoms with Crippen molar-refractivity contribution in [1.29, 1.82) is 0 Å². The van der Waals surface area contributed by atoms with Crippen molar-refractivity contribution >= 4 is 15.9 Å². The Kier molecular flexibility index (Phi) is 6.48. The minimum Gasteiger partial charge on any atom is -0.373 e. The van der Waals surface area contributed by atoms with Crippen LogP contribution in [0.2, 0.25) is 0 Å². The third-order valence-electron chi connectivity index (χ3n) is 2.58. The van der Waals surface area contributed by atoms with E-state index in [4.69, 9.17) is 4.74 Å². The Labute approximate surface area is 112 Å². The van der Waals surface area contributed by atoms with Crippen LogP contribution in [-0.4, -0.2) is 19.3 Å². The molecule has 0 amide bonds. The quantitative estimate of drug-likeness (QED) is 0.775. The van der Waals surface area contributed by atoms with E-state index in [0.29, 0.717) is 12.6 Å². The van der Waals surface area contributed by atoms with Gasteiger partial charge in [0.1, 0.15) is 0 Å². The first-order chi connectivity index (χ1) is 8.15. The highest BCUT2D eigenvalue weighted by Gasteiger charge is 2.09. The fourth-order valence-corrected chi connectivity index (χ4v) is 2.20. The van der Waals surface area contributed by atoms with E-state index in [9.17, 15) is 0 Å². The van der Waals surface area contributed by atoms with Gasteiger partial charge in [-0.05, 0) is 25.5 Å². The zero-order chi connectivity index (χ0) is 12.7. The monoisotopic (exact) mass is 297 g/mol. The number of ether oxygens (including phenoxy) is 1. The van der Waals surface area contributed by atoms with Crippen LogP contribution >= 0.6 is 15.9 Å². The summed E-state index contributed by atoms with van der Waals surface area (Å²) in [6, 6.07) is 8.56. The summed E-state index contributed by atoms with van der Waals surface area (Å²) in [5.41, 5.74) is 1.27. The molecule has 1 rings (SSSR count). The molecule has 0 bridgehead atoms. The van der Waals surface area contributed by atoms with Crippen LogP contribution in [0.15, 0.2) is 41.4 Å². The molecule has 0 heterocycles. The highest BCUT2D eigenvalue weighted by atomic mass is 79.9. The molecular weight excluding hydrogens is 278 g/mol. The van der Waals surface area contributed by atoms with Gasteiger partial charge in [0, 0.05) is 17.1 Å². The van der Waals surface area contributed by atoms with Gasteiger partial charge in [-0.15, -0.1) is 6.58 Å². The van der Waals surface area contributed by atoms with Gasteiger partial charge in [-0.3, -0.25) is 0 Å². The maximum Gasteiger partial charge on any atom is 0.0675 e. The normalized spacial score (nSPS) is 14.3. The Balaban J connectivity index is 2.42. The second kappa shape index (κ2) is 7.64. The average Bonchev–Trinajstić information content (AvgIpc) is 2.34. The Morgan fingerprint density at radius 1 is 1.41 bits per heavy atom. The third kappa shape index (κ3) is 5.02. The van der Waals surface area contributed by atoms with Gasteiger partial charge in [-0.1, -0.05) is 40.2 Å². The predicted molar refractivity (Wildman–Crippen MR) is 76.2 cm³/mol. The lowest BCUT2D eigenvalue weighted by Gasteiger charge is -2.19. The number of hydrogen-bond donors (Lipinski definition) is 1. The zero-order valence-corrected chi connectivity index (χ0v) is 12.0. The summed E-state index contributed by atoms with van der Waals surface area (Å²) < 4.78 is 6.65. The van der Waals surface area contributed by atoms with Crippen molar-refractivity contribution in [2.45, 2.75) is 26.0 Å². The summed E-state index contributed by atoms with van der Waals surface area (Å²) in [6.45, 7) is 9.28. The molecule has 0 aliphatic heterocycles. The van der Waals surface area contributed by atoms with E-state index in [1.54, 1.807) is 6.08 Å². The van der Waals surface area contributed by atoms with Crippen molar-refractivity contribution in [2.75, 3.05) is 13.2 Å². The molecule has 0 aromatic heterocycles. The number of benzene rings is 1. The van der Waals surface area contributed by atoms with E-state index in [1.165, 1.54) is 5.56 Å². The SMILES string of the molecule is C=CCOC(C)CNC(C)c1ccccc1Br. The van der Waals surface area contributed by atoms with Crippen LogP contribution in [0.5, 0.6) is 0 Å². The molecule has 1 aromatic carbocycles. The van der Waals surface area contributed by atoms with Gasteiger partial charge in [-0.2, -0.15) is 0 Å². The molecule has 1 aromatic rings. The molecule has 0 aliphatic carbocycles. The Bertz CT molecular complexity index is 354. The van der Waals surface area contributed by atoms with Gasteiger partial charge in [0.05, 0.1) is 12.7 Å². The highest BCUT2D eigenvalue weighted by Crippen LogP contribution is 2.22. The molecule has 2 nitrogen and oxygen atoms in total. The zero-order valence-electron chi connectivity index (χ0n) is 10.4. The number of rotatable bonds is 7. The lowest BCUT2D eigenvalue weighted by Crippen LogP contribution is -2.29. The molecule has 17 heavy (non-hydrogen) atoms. The Morgan fingerprint density at radius 2 is 2.12 bits per heavy atom. The second-order valence-corrected chi connectivity index (χ2v) is 4.94. The van der Waals surface area contributed by atoms with Crippen molar-refractivity contribution in [3.8, 4) is 0 Å². The van der Waals surface area contributed by atoms with Crippen molar-refractivity contribution in [3.05, 3.63) is 47.0 Å². The molecule has 0 saturated carbocycles. The van der Waals surface area contributed by atoms with E-state index in [1.807, 2.05) is 6.07 Å². The first kappa shape index (κ1) is 14.4. The van der Waals surface area contributed by atoms with Crippen LogP contribution in [0.1, 0.15) is 25.5 Å². The van der Waals surface area contributed by atoms with E-state index < -0.39 is 0 Å². The fraction of sp³-hybridized carbons (Fsp3) is 0.429. The average molecular weight is 298 g/mol. The molecule has 1 N–H and O–H groups in total. The number of nitrogens with one attached hydrogen (secondary N) is 1. The fourth-order valence-electron chi connectivity index (χ4n) is 1.57. The molecule has 0 aliphatic rings. The topological polar surface area (TPSA) is 21.3 Å². The molecule has 2 atom stereocenters. The van der Waals surface area contributed by atoms with E-state index >= 15 is 0 Å². The molecule has 94 valence electrons. The molecule has 0 spiro atoms. The standard InChI is InChI=1S/C14H20BrNO/c1-4-9-17-11(2)10-16-12(3)13-7-5-6-8-14(13)15/h4-8,11-12,16H,1,9-10H2,2-3H3. The minimum absolute atomic E-state index is 0.193. The van der Waals surface area contributed by atoms with Crippen LogP contribution in [-0.2, 0) is 4.74 Å². The summed E-state index contributed by atoms with van der Waals surface area (Å²) in [7, 11) is 0. The first-order valence-corrected chi connectivity index (χ1v) is 6.64. The molecule has 0 radical (unpaired) electrons. The van der Waals surface area contributed by atoms with Gasteiger partial charge in [-0.25, -0.2) is 0 Å². The van der Waals surface area contributed by atoms with Crippen LogP contribution in [0.25, 0.3) is 0 Å². The molecular formula is C14H20BrNO. The summed E-state index contributed by atoms with van der Waals surface area (Å²) in [5, 5.41) is 3.46. The number of hydrogen-bond acceptors (Lipinski definition) is 2. The van der Waals surface area contributed by atoms with E-state index in [0.717, 1.165) is 11.0 Å². The Hall–Kier alpha value is -0.640. The highest BCUT2D eigenvalue weighted by molar-refractivity contribution is 9.10. The third-order valence-corrected chi connectivity index (χ3v) is 3.30. The molecule has 3 heteroatoms. The van der Waals surface area contributed by atoms with Crippen LogP contribution in [0, 0.1) is 0 Å². The van der Waals surface area contributed by atoms with Gasteiger partial charge >= 0.3 is 0 Å². The maximum absolute atomic E-state index is 5.52. The molecule has 0 fully saturated rings. The molecule has 2 unspecified atom stereocenters. The lowest BCUT2D eigenvalue weighted by molar-refractivity contribution is 0.0860. The van der Waals surface area contributed by atoms with Crippen LogP contribution in [0.4, 0.5) is 0 Å². The summed E-state index contributed by atoms with van der Waals surface area (Å²) in [4.78, 5) is 0. The van der Waals surface area contributed by atoms with Gasteiger partial charge in [0.15, 0.2) is 0 Å². The van der Waals surface area contributed by atoms with Crippen molar-refractivity contribution in [2.24, 2.45) is 0 Å². The second-order valence-electron chi connectivity index (χ2n) is 4.08. The summed E-state index contributed by atoms with van der Waals surface area (Å²) in [5.74, 6) is 0. The number of halogens is 1. The van der Waals surface area contributed by atoms with Gasteiger partial charge in [0.25, 0.3) is 0 Å². The summed E-state index contributed by atoms with van der Waals surface area (Å²) in [6.07, 6.45) is 1.96. The van der Waals surface area contributed by atoms with Gasteiger partial charge in [0.2, 0.25) is 0 Å². The maximum atomic E-state index is 5.52. The van der Waals surface area contributed by atoms with Crippen molar-refractivity contribution in [3.63, 3.8) is 0 Å². The largest absolute Gasteiger partial charge is 0.373 e. The smallest absolute Gasteiger partial charge is 0.0675 e. The van der Waals surface area contributed by atoms with Crippen LogP contribution < -0.4 is 5.32 Å². The van der Waals surface area contributed by atoms with Crippen molar-refractivity contribution in [1.82, 2.24) is 5.32 Å². The van der Waals surface area contributed by atoms with E-state index in [-0.39, 0.29) is 6.10 Å². The summed E-state index contributed by atoms with van der Waals surface area (Å²) >= 11 is 3.56. The Morgan fingerprint density at radius 3 is 2.76 bits per heavy atom. The lowest BCUT2D eigenvalue weighted by atomic mass is 10.1. The van der Waals surface area contributed by atoms with Gasteiger partial charge < -0.3 is 10.1 Å².